The van der Waals surface area contributed by atoms with E-state index in [-0.39, 0.29) is 17.4 Å². The molecule has 0 N–H and O–H groups in total. The number of fused-ring (bicyclic) bond motifs is 1. The third-order valence-corrected chi connectivity index (χ3v) is 6.35. The SMILES string of the molecule is Cc1cccc(-n2c(C(C)N(CC(C)C)C(=O)c3ccc(Br)cc3)nc3ccccc3c2=O)c1. The molecule has 4 rings (SSSR count). The van der Waals surface area contributed by atoms with E-state index in [2.05, 4.69) is 29.8 Å². The van der Waals surface area contributed by atoms with Crippen LogP contribution in [0.2, 0.25) is 0 Å². The molecule has 0 saturated carbocycles. The van der Waals surface area contributed by atoms with Gasteiger partial charge in [-0.15, -0.1) is 0 Å². The van der Waals surface area contributed by atoms with Gasteiger partial charge in [-0.3, -0.25) is 14.2 Å². The van der Waals surface area contributed by atoms with Gasteiger partial charge in [0.25, 0.3) is 11.5 Å². The van der Waals surface area contributed by atoms with Crippen molar-refractivity contribution in [3.05, 3.63) is 105 Å². The number of para-hydroxylation sites is 1. The minimum atomic E-state index is -0.434. The number of amides is 1. The highest BCUT2D eigenvalue weighted by Crippen LogP contribution is 2.26. The summed E-state index contributed by atoms with van der Waals surface area (Å²) in [4.78, 5) is 34.1. The Balaban J connectivity index is 1.92. The molecule has 0 radical (unpaired) electrons. The van der Waals surface area contributed by atoms with Gasteiger partial charge in [0.1, 0.15) is 5.82 Å². The zero-order valence-corrected chi connectivity index (χ0v) is 21.4. The summed E-state index contributed by atoms with van der Waals surface area (Å²) in [6.45, 7) is 8.63. The number of rotatable bonds is 6. The summed E-state index contributed by atoms with van der Waals surface area (Å²) in [6.07, 6.45) is 0. The average molecular weight is 518 g/mol. The van der Waals surface area contributed by atoms with E-state index in [0.29, 0.717) is 28.8 Å². The van der Waals surface area contributed by atoms with Crippen LogP contribution >= 0.6 is 15.9 Å². The van der Waals surface area contributed by atoms with Crippen LogP contribution < -0.4 is 5.56 Å². The molecule has 3 aromatic carbocycles. The molecule has 0 bridgehead atoms. The standard InChI is InChI=1S/C28H28BrN3O2/c1-18(2)17-31(27(33)21-12-14-22(29)15-13-21)20(4)26-30-25-11-6-5-10-24(25)28(34)32(26)23-9-7-8-19(3)16-23/h5-16,18,20H,17H2,1-4H3. The summed E-state index contributed by atoms with van der Waals surface area (Å²) in [5.74, 6) is 0.689. The van der Waals surface area contributed by atoms with Gasteiger partial charge in [0.15, 0.2) is 0 Å². The number of hydrogen-bond acceptors (Lipinski definition) is 3. The normalized spacial score (nSPS) is 12.2. The lowest BCUT2D eigenvalue weighted by molar-refractivity contribution is 0.0655. The van der Waals surface area contributed by atoms with Crippen molar-refractivity contribution in [2.24, 2.45) is 5.92 Å². The Kier molecular flexibility index (Phi) is 6.98. The third kappa shape index (κ3) is 4.82. The third-order valence-electron chi connectivity index (χ3n) is 5.82. The fourth-order valence-electron chi connectivity index (χ4n) is 4.15. The minimum absolute atomic E-state index is 0.0908. The highest BCUT2D eigenvalue weighted by molar-refractivity contribution is 9.10. The predicted molar refractivity (Wildman–Crippen MR) is 141 cm³/mol. The smallest absolute Gasteiger partial charge is 0.266 e. The Labute approximate surface area is 208 Å². The quantitative estimate of drug-likeness (QED) is 0.300. The van der Waals surface area contributed by atoms with E-state index >= 15 is 0 Å². The molecular weight excluding hydrogens is 490 g/mol. The van der Waals surface area contributed by atoms with Gasteiger partial charge in [-0.05, 0) is 73.9 Å². The van der Waals surface area contributed by atoms with Crippen molar-refractivity contribution in [1.29, 1.82) is 0 Å². The van der Waals surface area contributed by atoms with Crippen LogP contribution in [0.25, 0.3) is 16.6 Å². The second-order valence-corrected chi connectivity index (χ2v) is 9.92. The first-order valence-corrected chi connectivity index (χ1v) is 12.2. The monoisotopic (exact) mass is 517 g/mol. The maximum atomic E-state index is 13.7. The van der Waals surface area contributed by atoms with Crippen LogP contribution in [0.15, 0.2) is 82.1 Å². The molecule has 1 atom stereocenters. The van der Waals surface area contributed by atoms with Crippen LogP contribution in [-0.2, 0) is 0 Å². The lowest BCUT2D eigenvalue weighted by Gasteiger charge is -2.32. The van der Waals surface area contributed by atoms with Gasteiger partial charge in [-0.25, -0.2) is 4.98 Å². The lowest BCUT2D eigenvalue weighted by Crippen LogP contribution is -2.39. The highest BCUT2D eigenvalue weighted by Gasteiger charge is 2.28. The molecule has 1 heterocycles. The molecule has 0 saturated heterocycles. The number of benzene rings is 3. The molecule has 6 heteroatoms. The largest absolute Gasteiger partial charge is 0.328 e. The lowest BCUT2D eigenvalue weighted by atomic mass is 10.1. The number of nitrogens with zero attached hydrogens (tertiary/aromatic N) is 3. The maximum Gasteiger partial charge on any atom is 0.266 e. The topological polar surface area (TPSA) is 55.2 Å². The molecule has 1 unspecified atom stereocenters. The first-order chi connectivity index (χ1) is 16.3. The van der Waals surface area contributed by atoms with Gasteiger partial charge < -0.3 is 4.90 Å². The molecule has 0 aliphatic rings. The van der Waals surface area contributed by atoms with E-state index in [1.54, 1.807) is 10.6 Å². The van der Waals surface area contributed by atoms with E-state index in [9.17, 15) is 9.59 Å². The van der Waals surface area contributed by atoms with Crippen LogP contribution in [0.4, 0.5) is 0 Å². The van der Waals surface area contributed by atoms with Crippen molar-refractivity contribution in [3.63, 3.8) is 0 Å². The average Bonchev–Trinajstić information content (AvgIpc) is 2.82. The van der Waals surface area contributed by atoms with Crippen molar-refractivity contribution in [2.75, 3.05) is 6.54 Å². The van der Waals surface area contributed by atoms with Crippen LogP contribution in [0.5, 0.6) is 0 Å². The van der Waals surface area contributed by atoms with Crippen LogP contribution in [-0.4, -0.2) is 26.9 Å². The van der Waals surface area contributed by atoms with Gasteiger partial charge in [-0.2, -0.15) is 0 Å². The molecule has 0 aliphatic carbocycles. The second kappa shape index (κ2) is 9.94. The first-order valence-electron chi connectivity index (χ1n) is 11.4. The summed E-state index contributed by atoms with van der Waals surface area (Å²) >= 11 is 3.44. The van der Waals surface area contributed by atoms with Crippen LogP contribution in [0.3, 0.4) is 0 Å². The van der Waals surface area contributed by atoms with E-state index in [1.807, 2.05) is 85.5 Å². The van der Waals surface area contributed by atoms with Gasteiger partial charge >= 0.3 is 0 Å². The number of halogens is 1. The molecule has 4 aromatic rings. The molecule has 1 amide bonds. The Bertz CT molecular complexity index is 1390. The zero-order chi connectivity index (χ0) is 24.4. The fourth-order valence-corrected chi connectivity index (χ4v) is 4.42. The van der Waals surface area contributed by atoms with Crippen molar-refractivity contribution < 1.29 is 4.79 Å². The van der Waals surface area contributed by atoms with Crippen LogP contribution in [0, 0.1) is 12.8 Å². The van der Waals surface area contributed by atoms with E-state index in [1.165, 1.54) is 0 Å². The van der Waals surface area contributed by atoms with Gasteiger partial charge in [0, 0.05) is 16.6 Å². The highest BCUT2D eigenvalue weighted by atomic mass is 79.9. The Morgan fingerprint density at radius 3 is 2.38 bits per heavy atom. The van der Waals surface area contributed by atoms with Gasteiger partial charge in [-0.1, -0.05) is 54.0 Å². The first kappa shape index (κ1) is 23.9. The fraction of sp³-hybridized carbons (Fsp3) is 0.250. The van der Waals surface area contributed by atoms with Crippen molar-refractivity contribution >= 4 is 32.7 Å². The van der Waals surface area contributed by atoms with Gasteiger partial charge in [0.05, 0.1) is 22.6 Å². The van der Waals surface area contributed by atoms with Crippen molar-refractivity contribution in [1.82, 2.24) is 14.5 Å². The van der Waals surface area contributed by atoms with E-state index in [0.717, 1.165) is 15.7 Å². The zero-order valence-electron chi connectivity index (χ0n) is 19.8. The molecule has 34 heavy (non-hydrogen) atoms. The van der Waals surface area contributed by atoms with Crippen molar-refractivity contribution in [3.8, 4) is 5.69 Å². The molecule has 0 aliphatic heterocycles. The maximum absolute atomic E-state index is 13.7. The Morgan fingerprint density at radius 2 is 1.71 bits per heavy atom. The molecule has 5 nitrogen and oxygen atoms in total. The molecule has 0 spiro atoms. The molecular formula is C28H28BrN3O2. The molecule has 1 aromatic heterocycles. The summed E-state index contributed by atoms with van der Waals surface area (Å²) in [6, 6.07) is 22.1. The van der Waals surface area contributed by atoms with Crippen molar-refractivity contribution in [2.45, 2.75) is 33.7 Å². The Morgan fingerprint density at radius 1 is 1.00 bits per heavy atom. The van der Waals surface area contributed by atoms with E-state index in [4.69, 9.17) is 4.98 Å². The van der Waals surface area contributed by atoms with Gasteiger partial charge in [0.2, 0.25) is 0 Å². The number of hydrogen-bond donors (Lipinski definition) is 0. The second-order valence-electron chi connectivity index (χ2n) is 9.00. The number of carbonyl (C=O) groups is 1. The summed E-state index contributed by atoms with van der Waals surface area (Å²) in [5, 5.41) is 0.551. The van der Waals surface area contributed by atoms with Crippen LogP contribution in [0.1, 0.15) is 48.6 Å². The predicted octanol–water partition coefficient (Wildman–Crippen LogP) is 6.32. The molecule has 174 valence electrons. The minimum Gasteiger partial charge on any atom is -0.328 e. The summed E-state index contributed by atoms with van der Waals surface area (Å²) in [5.41, 5.74) is 2.87. The van der Waals surface area contributed by atoms with E-state index < -0.39 is 6.04 Å². The Hall–Kier alpha value is -3.25. The summed E-state index contributed by atoms with van der Waals surface area (Å²) in [7, 11) is 0. The molecule has 0 fully saturated rings. The number of aryl methyl sites for hydroxylation is 1. The number of carbonyl (C=O) groups excluding carboxylic acids is 1. The summed E-state index contributed by atoms with van der Waals surface area (Å²) < 4.78 is 2.57. The number of aromatic nitrogens is 2.